The molecule has 1 amide bonds. The lowest BCUT2D eigenvalue weighted by Crippen LogP contribution is -2.21. The maximum absolute atomic E-state index is 12.5. The summed E-state index contributed by atoms with van der Waals surface area (Å²) in [6, 6.07) is 14.4. The average Bonchev–Trinajstić information content (AvgIpc) is 3.41. The van der Waals surface area contributed by atoms with E-state index in [4.69, 9.17) is 39.2 Å². The van der Waals surface area contributed by atoms with Gasteiger partial charge >= 0.3 is 0 Å². The van der Waals surface area contributed by atoms with E-state index in [-0.39, 0.29) is 5.91 Å². The summed E-state index contributed by atoms with van der Waals surface area (Å²) in [5.41, 5.74) is 2.27. The Morgan fingerprint density at radius 2 is 1.70 bits per heavy atom. The predicted molar refractivity (Wildman–Crippen MR) is 125 cm³/mol. The third-order valence-corrected chi connectivity index (χ3v) is 6.03. The first-order chi connectivity index (χ1) is 14.5. The summed E-state index contributed by atoms with van der Waals surface area (Å²) in [6.07, 6.45) is 5.28. The summed E-state index contributed by atoms with van der Waals surface area (Å²) in [6.45, 7) is 1.87. The number of amides is 1. The second-order valence-electron chi connectivity index (χ2n) is 6.96. The standard InChI is InChI=1S/C23H19Cl3N2O2/c24-17-6-3-5-16(22(17)26)20-11-9-15(30-20)10-12-21(29)27-19-8-4-7-18(25)23(19)28-13-1-2-14-28/h3-12H,1-2,13-14H2,(H,27,29). The van der Waals surface area contributed by atoms with Crippen molar-refractivity contribution in [2.75, 3.05) is 23.3 Å². The first-order valence-corrected chi connectivity index (χ1v) is 10.7. The van der Waals surface area contributed by atoms with E-state index < -0.39 is 0 Å². The van der Waals surface area contributed by atoms with Crippen LogP contribution in [-0.2, 0) is 4.79 Å². The van der Waals surface area contributed by atoms with Gasteiger partial charge < -0.3 is 14.6 Å². The Morgan fingerprint density at radius 1 is 0.967 bits per heavy atom. The van der Waals surface area contributed by atoms with Crippen molar-refractivity contribution in [3.8, 4) is 11.3 Å². The van der Waals surface area contributed by atoms with Crippen molar-refractivity contribution in [1.29, 1.82) is 0 Å². The van der Waals surface area contributed by atoms with Crippen molar-refractivity contribution < 1.29 is 9.21 Å². The fraction of sp³-hybridized carbons (Fsp3) is 0.174. The van der Waals surface area contributed by atoms with Gasteiger partial charge in [-0.2, -0.15) is 0 Å². The van der Waals surface area contributed by atoms with Crippen molar-refractivity contribution in [2.45, 2.75) is 12.8 Å². The molecule has 4 rings (SSSR count). The number of carbonyl (C=O) groups is 1. The first kappa shape index (κ1) is 20.9. The molecule has 154 valence electrons. The minimum absolute atomic E-state index is 0.267. The highest BCUT2D eigenvalue weighted by Gasteiger charge is 2.19. The molecular weight excluding hydrogens is 443 g/mol. The van der Waals surface area contributed by atoms with Gasteiger partial charge in [-0.25, -0.2) is 0 Å². The molecule has 0 unspecified atom stereocenters. The summed E-state index contributed by atoms with van der Waals surface area (Å²) >= 11 is 18.7. The Labute approximate surface area is 190 Å². The molecule has 4 nitrogen and oxygen atoms in total. The monoisotopic (exact) mass is 460 g/mol. The normalized spacial score (nSPS) is 13.9. The highest BCUT2D eigenvalue weighted by atomic mass is 35.5. The van der Waals surface area contributed by atoms with Gasteiger partial charge in [-0.3, -0.25) is 4.79 Å². The van der Waals surface area contributed by atoms with E-state index in [2.05, 4.69) is 10.2 Å². The Balaban J connectivity index is 1.49. The third-order valence-electron chi connectivity index (χ3n) is 4.91. The third kappa shape index (κ3) is 4.51. The topological polar surface area (TPSA) is 45.5 Å². The molecule has 1 aliphatic rings. The summed E-state index contributed by atoms with van der Waals surface area (Å²) in [5, 5.41) is 4.44. The van der Waals surface area contributed by atoms with Crippen LogP contribution in [0, 0.1) is 0 Å². The van der Waals surface area contributed by atoms with Crippen molar-refractivity contribution in [3.05, 3.63) is 75.4 Å². The van der Waals surface area contributed by atoms with Crippen LogP contribution < -0.4 is 10.2 Å². The molecule has 1 saturated heterocycles. The molecule has 7 heteroatoms. The van der Waals surface area contributed by atoms with Crippen LogP contribution in [0.5, 0.6) is 0 Å². The van der Waals surface area contributed by atoms with E-state index >= 15 is 0 Å². The molecular formula is C23H19Cl3N2O2. The van der Waals surface area contributed by atoms with Gasteiger partial charge in [-0.1, -0.05) is 46.9 Å². The van der Waals surface area contributed by atoms with Crippen LogP contribution in [-0.4, -0.2) is 19.0 Å². The molecule has 1 aliphatic heterocycles. The fourth-order valence-corrected chi connectivity index (χ4v) is 4.18. The summed E-state index contributed by atoms with van der Waals surface area (Å²) < 4.78 is 5.79. The minimum atomic E-state index is -0.267. The quantitative estimate of drug-likeness (QED) is 0.410. The van der Waals surface area contributed by atoms with Gasteiger partial charge in [-0.15, -0.1) is 0 Å². The lowest BCUT2D eigenvalue weighted by atomic mass is 10.2. The van der Waals surface area contributed by atoms with Gasteiger partial charge in [0.1, 0.15) is 11.5 Å². The van der Waals surface area contributed by atoms with Gasteiger partial charge in [0.25, 0.3) is 0 Å². The number of furan rings is 1. The Kier molecular flexibility index (Phi) is 6.38. The fourth-order valence-electron chi connectivity index (χ4n) is 3.49. The van der Waals surface area contributed by atoms with Crippen LogP contribution in [0.1, 0.15) is 18.6 Å². The number of halogens is 3. The molecule has 3 aromatic rings. The highest BCUT2D eigenvalue weighted by molar-refractivity contribution is 6.43. The average molecular weight is 462 g/mol. The zero-order valence-electron chi connectivity index (χ0n) is 16.0. The first-order valence-electron chi connectivity index (χ1n) is 9.59. The Morgan fingerprint density at radius 3 is 2.50 bits per heavy atom. The van der Waals surface area contributed by atoms with Crippen LogP contribution >= 0.6 is 34.8 Å². The number of carbonyl (C=O) groups excluding carboxylic acids is 1. The lowest BCUT2D eigenvalue weighted by Gasteiger charge is -2.22. The van der Waals surface area contributed by atoms with Crippen LogP contribution in [0.15, 0.2) is 59.0 Å². The zero-order valence-corrected chi connectivity index (χ0v) is 18.3. The highest BCUT2D eigenvalue weighted by Crippen LogP contribution is 2.36. The number of anilines is 2. The van der Waals surface area contributed by atoms with Crippen LogP contribution in [0.3, 0.4) is 0 Å². The largest absolute Gasteiger partial charge is 0.457 e. The van der Waals surface area contributed by atoms with Gasteiger partial charge in [0.15, 0.2) is 0 Å². The molecule has 2 heterocycles. The Bertz CT molecular complexity index is 1100. The van der Waals surface area contributed by atoms with Gasteiger partial charge in [0, 0.05) is 24.7 Å². The summed E-state index contributed by atoms with van der Waals surface area (Å²) in [5.74, 6) is 0.840. The Hall–Kier alpha value is -2.40. The minimum Gasteiger partial charge on any atom is -0.457 e. The molecule has 0 radical (unpaired) electrons. The van der Waals surface area contributed by atoms with E-state index in [1.165, 1.54) is 6.08 Å². The molecule has 2 aromatic carbocycles. The number of para-hydroxylation sites is 1. The van der Waals surface area contributed by atoms with E-state index in [0.717, 1.165) is 31.6 Å². The van der Waals surface area contributed by atoms with E-state index in [1.807, 2.05) is 24.3 Å². The SMILES string of the molecule is O=C(C=Cc1ccc(-c2cccc(Cl)c2Cl)o1)Nc1cccc(Cl)c1N1CCCC1. The molecule has 0 spiro atoms. The van der Waals surface area contributed by atoms with Crippen molar-refractivity contribution in [1.82, 2.24) is 0 Å². The van der Waals surface area contributed by atoms with Gasteiger partial charge in [0.05, 0.1) is 26.4 Å². The second kappa shape index (κ2) is 9.17. The molecule has 1 fully saturated rings. The van der Waals surface area contributed by atoms with Crippen LogP contribution in [0.2, 0.25) is 15.1 Å². The van der Waals surface area contributed by atoms with E-state index in [1.54, 1.807) is 30.3 Å². The lowest BCUT2D eigenvalue weighted by molar-refractivity contribution is -0.111. The van der Waals surface area contributed by atoms with Crippen LogP contribution in [0.25, 0.3) is 17.4 Å². The van der Waals surface area contributed by atoms with Gasteiger partial charge in [0.2, 0.25) is 5.91 Å². The number of hydrogen-bond donors (Lipinski definition) is 1. The molecule has 30 heavy (non-hydrogen) atoms. The van der Waals surface area contributed by atoms with Crippen LogP contribution in [0.4, 0.5) is 11.4 Å². The molecule has 0 saturated carbocycles. The maximum Gasteiger partial charge on any atom is 0.248 e. The molecule has 1 N–H and O–H groups in total. The van der Waals surface area contributed by atoms with Crippen molar-refractivity contribution >= 4 is 58.2 Å². The van der Waals surface area contributed by atoms with Crippen molar-refractivity contribution in [2.24, 2.45) is 0 Å². The number of benzene rings is 2. The van der Waals surface area contributed by atoms with E-state index in [0.29, 0.717) is 37.8 Å². The van der Waals surface area contributed by atoms with Gasteiger partial charge in [-0.05, 0) is 55.3 Å². The number of nitrogens with zero attached hydrogens (tertiary/aromatic N) is 1. The second-order valence-corrected chi connectivity index (χ2v) is 8.15. The molecule has 0 bridgehead atoms. The maximum atomic E-state index is 12.5. The number of nitrogens with one attached hydrogen (secondary N) is 1. The van der Waals surface area contributed by atoms with Crippen molar-refractivity contribution in [3.63, 3.8) is 0 Å². The van der Waals surface area contributed by atoms with E-state index in [9.17, 15) is 4.79 Å². The molecule has 0 atom stereocenters. The molecule has 0 aliphatic carbocycles. The number of hydrogen-bond acceptors (Lipinski definition) is 3. The predicted octanol–water partition coefficient (Wildman–Crippen LogP) is 7.16. The summed E-state index contributed by atoms with van der Waals surface area (Å²) in [4.78, 5) is 14.7. The zero-order chi connectivity index (χ0) is 21.1. The summed E-state index contributed by atoms with van der Waals surface area (Å²) in [7, 11) is 0. The number of rotatable bonds is 5. The molecule has 1 aromatic heterocycles. The smallest absolute Gasteiger partial charge is 0.248 e.